The SMILES string of the molecule is COC(=O)C(C)[P+](C)(C)C. The van der Waals surface area contributed by atoms with Crippen LogP contribution in [0.25, 0.3) is 0 Å². The number of methoxy groups -OCH3 is 1. The predicted octanol–water partition coefficient (Wildman–Crippen LogP) is 1.45. The zero-order chi connectivity index (χ0) is 8.36. The molecule has 0 radical (unpaired) electrons. The van der Waals surface area contributed by atoms with E-state index in [-0.39, 0.29) is 11.6 Å². The number of ether oxygens (including phenoxy) is 1. The highest BCUT2D eigenvalue weighted by atomic mass is 31.2. The van der Waals surface area contributed by atoms with E-state index in [9.17, 15) is 4.79 Å². The van der Waals surface area contributed by atoms with E-state index in [0.717, 1.165) is 0 Å². The Morgan fingerprint density at radius 2 is 1.80 bits per heavy atom. The maximum Gasteiger partial charge on any atom is 0.346 e. The van der Waals surface area contributed by atoms with Crippen LogP contribution in [0.1, 0.15) is 6.92 Å². The largest absolute Gasteiger partial charge is 0.466 e. The summed E-state index contributed by atoms with van der Waals surface area (Å²) in [5.74, 6) is -0.0826. The first-order valence-corrected chi connectivity index (χ1v) is 6.48. The van der Waals surface area contributed by atoms with Gasteiger partial charge in [0.2, 0.25) is 0 Å². The lowest BCUT2D eigenvalue weighted by Gasteiger charge is -2.17. The van der Waals surface area contributed by atoms with Gasteiger partial charge in [0.25, 0.3) is 0 Å². The lowest BCUT2D eigenvalue weighted by molar-refractivity contribution is -0.139. The van der Waals surface area contributed by atoms with Gasteiger partial charge in [0.05, 0.1) is 7.11 Å². The maximum absolute atomic E-state index is 11.0. The molecule has 3 heteroatoms. The van der Waals surface area contributed by atoms with Gasteiger partial charge in [-0.05, 0) is 6.92 Å². The molecule has 0 spiro atoms. The van der Waals surface area contributed by atoms with Gasteiger partial charge in [0.1, 0.15) is 0 Å². The lowest BCUT2D eigenvalue weighted by atomic mass is 10.5. The Labute approximate surface area is 63.3 Å². The summed E-state index contributed by atoms with van der Waals surface area (Å²) in [6.07, 6.45) is 0. The molecule has 0 heterocycles. The Morgan fingerprint density at radius 3 is 1.90 bits per heavy atom. The number of rotatable bonds is 2. The minimum atomic E-state index is -1.05. The van der Waals surface area contributed by atoms with E-state index in [4.69, 9.17) is 0 Å². The predicted molar refractivity (Wildman–Crippen MR) is 46.2 cm³/mol. The molecule has 0 aliphatic rings. The molecule has 0 bridgehead atoms. The van der Waals surface area contributed by atoms with Crippen LogP contribution in [-0.4, -0.2) is 38.7 Å². The smallest absolute Gasteiger partial charge is 0.346 e. The Balaban J connectivity index is 4.08. The van der Waals surface area contributed by atoms with E-state index < -0.39 is 7.26 Å². The van der Waals surface area contributed by atoms with Gasteiger partial charge in [-0.15, -0.1) is 0 Å². The van der Waals surface area contributed by atoms with Crippen molar-refractivity contribution < 1.29 is 9.53 Å². The standard InChI is InChI=1S/C7H16O2P/c1-6(7(8)9-2)10(3,4)5/h6H,1-5H3/q+1. The van der Waals surface area contributed by atoms with Gasteiger partial charge in [-0.3, -0.25) is 0 Å². The van der Waals surface area contributed by atoms with E-state index in [0.29, 0.717) is 0 Å². The molecule has 0 aromatic carbocycles. The van der Waals surface area contributed by atoms with E-state index in [2.05, 4.69) is 24.7 Å². The van der Waals surface area contributed by atoms with Crippen molar-refractivity contribution in [1.82, 2.24) is 0 Å². The Bertz CT molecular complexity index is 126. The number of carbonyl (C=O) groups excluding carboxylic acids is 1. The average molecular weight is 163 g/mol. The first-order chi connectivity index (χ1) is 4.39. The van der Waals surface area contributed by atoms with Crippen LogP contribution in [0.15, 0.2) is 0 Å². The number of carbonyl (C=O) groups is 1. The fourth-order valence-electron chi connectivity index (χ4n) is 0.487. The third-order valence-corrected chi connectivity index (χ3v) is 4.24. The van der Waals surface area contributed by atoms with Crippen molar-refractivity contribution in [2.45, 2.75) is 12.6 Å². The van der Waals surface area contributed by atoms with Crippen LogP contribution in [0.3, 0.4) is 0 Å². The highest BCUT2D eigenvalue weighted by Gasteiger charge is 2.33. The third-order valence-electron chi connectivity index (χ3n) is 1.70. The molecule has 0 N–H and O–H groups in total. The Morgan fingerprint density at radius 1 is 1.40 bits per heavy atom. The summed E-state index contributed by atoms with van der Waals surface area (Å²) in [5.41, 5.74) is 0.0810. The van der Waals surface area contributed by atoms with E-state index >= 15 is 0 Å². The first kappa shape index (κ1) is 9.90. The van der Waals surface area contributed by atoms with E-state index in [1.54, 1.807) is 0 Å². The molecule has 0 saturated carbocycles. The Hall–Kier alpha value is -0.100. The molecule has 0 aromatic heterocycles. The van der Waals surface area contributed by atoms with Crippen LogP contribution in [0, 0.1) is 0 Å². The van der Waals surface area contributed by atoms with Gasteiger partial charge >= 0.3 is 5.97 Å². The molecule has 0 saturated heterocycles. The monoisotopic (exact) mass is 163 g/mol. The highest BCUT2D eigenvalue weighted by molar-refractivity contribution is 7.75. The summed E-state index contributed by atoms with van der Waals surface area (Å²) in [6.45, 7) is 8.33. The molecule has 60 valence electrons. The van der Waals surface area contributed by atoms with Gasteiger partial charge in [-0.1, -0.05) is 0 Å². The first-order valence-electron chi connectivity index (χ1n) is 3.28. The average Bonchev–Trinajstić information content (AvgIpc) is 1.83. The fourth-order valence-corrected chi connectivity index (χ4v) is 1.22. The summed E-state index contributed by atoms with van der Waals surface area (Å²) < 4.78 is 4.63. The van der Waals surface area contributed by atoms with Gasteiger partial charge in [0.15, 0.2) is 5.66 Å². The molecule has 0 rings (SSSR count). The van der Waals surface area contributed by atoms with Gasteiger partial charge < -0.3 is 4.74 Å². The summed E-state index contributed by atoms with van der Waals surface area (Å²) in [7, 11) is 0.385. The van der Waals surface area contributed by atoms with Crippen LogP contribution in [-0.2, 0) is 9.53 Å². The topological polar surface area (TPSA) is 26.3 Å². The van der Waals surface area contributed by atoms with Crippen LogP contribution < -0.4 is 0 Å². The number of esters is 1. The van der Waals surface area contributed by atoms with Gasteiger partial charge in [0, 0.05) is 27.3 Å². The van der Waals surface area contributed by atoms with Crippen molar-refractivity contribution in [3.63, 3.8) is 0 Å². The highest BCUT2D eigenvalue weighted by Crippen LogP contribution is 2.52. The van der Waals surface area contributed by atoms with Gasteiger partial charge in [-0.25, -0.2) is 4.79 Å². The normalized spacial score (nSPS) is 14.5. The summed E-state index contributed by atoms with van der Waals surface area (Å²) in [6, 6.07) is 0. The molecule has 0 aliphatic carbocycles. The number of hydrogen-bond acceptors (Lipinski definition) is 2. The fraction of sp³-hybridized carbons (Fsp3) is 0.857. The van der Waals surface area contributed by atoms with E-state index in [1.165, 1.54) is 7.11 Å². The molecule has 0 amide bonds. The zero-order valence-corrected chi connectivity index (χ0v) is 8.24. The quantitative estimate of drug-likeness (QED) is 0.455. The zero-order valence-electron chi connectivity index (χ0n) is 7.34. The molecule has 10 heavy (non-hydrogen) atoms. The van der Waals surface area contributed by atoms with Crippen molar-refractivity contribution in [1.29, 1.82) is 0 Å². The molecule has 0 fully saturated rings. The summed E-state index contributed by atoms with van der Waals surface area (Å²) in [5, 5.41) is 0. The van der Waals surface area contributed by atoms with Crippen molar-refractivity contribution >= 4 is 13.2 Å². The second-order valence-electron chi connectivity index (χ2n) is 3.32. The molecule has 0 aromatic rings. The lowest BCUT2D eigenvalue weighted by Crippen LogP contribution is -2.20. The maximum atomic E-state index is 11.0. The van der Waals surface area contributed by atoms with Gasteiger partial charge in [-0.2, -0.15) is 0 Å². The molecule has 2 nitrogen and oxygen atoms in total. The van der Waals surface area contributed by atoms with Crippen LogP contribution in [0.5, 0.6) is 0 Å². The van der Waals surface area contributed by atoms with Crippen LogP contribution >= 0.6 is 7.26 Å². The van der Waals surface area contributed by atoms with Crippen molar-refractivity contribution in [2.24, 2.45) is 0 Å². The third kappa shape index (κ3) is 2.66. The number of hydrogen-bond donors (Lipinski definition) is 0. The molecular formula is C7H16O2P+. The Kier molecular flexibility index (Phi) is 3.30. The minimum Gasteiger partial charge on any atom is -0.466 e. The summed E-state index contributed by atoms with van der Waals surface area (Å²) in [4.78, 5) is 11.0. The molecule has 1 unspecified atom stereocenters. The second-order valence-corrected chi connectivity index (χ2v) is 8.32. The van der Waals surface area contributed by atoms with Crippen molar-refractivity contribution in [3.8, 4) is 0 Å². The van der Waals surface area contributed by atoms with Crippen molar-refractivity contribution in [2.75, 3.05) is 27.1 Å². The second kappa shape index (κ2) is 3.34. The van der Waals surface area contributed by atoms with Crippen molar-refractivity contribution in [3.05, 3.63) is 0 Å². The molecule has 0 aliphatic heterocycles. The molecule has 1 atom stereocenters. The van der Waals surface area contributed by atoms with Crippen LogP contribution in [0.4, 0.5) is 0 Å². The van der Waals surface area contributed by atoms with E-state index in [1.807, 2.05) is 6.92 Å². The van der Waals surface area contributed by atoms with Crippen LogP contribution in [0.2, 0.25) is 0 Å². The molecular weight excluding hydrogens is 147 g/mol. The summed E-state index contributed by atoms with van der Waals surface area (Å²) >= 11 is 0. The minimum absolute atomic E-state index is 0.0810.